The van der Waals surface area contributed by atoms with Crippen molar-refractivity contribution >= 4 is 28.8 Å². The second-order valence-electron chi connectivity index (χ2n) is 5.32. The Balaban J connectivity index is 1.86. The van der Waals surface area contributed by atoms with Crippen molar-refractivity contribution < 1.29 is 9.53 Å². The van der Waals surface area contributed by atoms with Crippen LogP contribution in [0.2, 0.25) is 0 Å². The number of anilines is 1. The highest BCUT2D eigenvalue weighted by Gasteiger charge is 2.34. The van der Waals surface area contributed by atoms with Crippen molar-refractivity contribution in [1.82, 2.24) is 10.3 Å². The third-order valence-corrected chi connectivity index (χ3v) is 3.95. The highest BCUT2D eigenvalue weighted by atomic mass is 32.1. The van der Waals surface area contributed by atoms with Crippen LogP contribution in [0.4, 0.5) is 5.69 Å². The third-order valence-electron chi connectivity index (χ3n) is 3.73. The summed E-state index contributed by atoms with van der Waals surface area (Å²) in [4.78, 5) is 18.8. The zero-order valence-corrected chi connectivity index (χ0v) is 12.4. The van der Waals surface area contributed by atoms with Gasteiger partial charge in [-0.2, -0.15) is 0 Å². The van der Waals surface area contributed by atoms with E-state index in [1.165, 1.54) is 0 Å². The second-order valence-corrected chi connectivity index (χ2v) is 5.76. The largest absolute Gasteiger partial charge is 0.389 e. The van der Waals surface area contributed by atoms with E-state index >= 15 is 0 Å². The van der Waals surface area contributed by atoms with Crippen LogP contribution in [0.1, 0.15) is 18.4 Å². The van der Waals surface area contributed by atoms with Gasteiger partial charge < -0.3 is 20.7 Å². The first-order valence-electron chi connectivity index (χ1n) is 7.05. The predicted octanol–water partition coefficient (Wildman–Crippen LogP) is 0.200. The minimum absolute atomic E-state index is 0.00468. The fourth-order valence-electron chi connectivity index (χ4n) is 2.46. The SMILES string of the molecule is NC(=S)c1ccncc1N1CCOCC1C(=O)NC1CC1. The molecular formula is C14H18N4O2S. The monoisotopic (exact) mass is 306 g/mol. The minimum Gasteiger partial charge on any atom is -0.389 e. The topological polar surface area (TPSA) is 80.5 Å². The van der Waals surface area contributed by atoms with Crippen molar-refractivity contribution in [3.05, 3.63) is 24.0 Å². The number of rotatable bonds is 4. The zero-order chi connectivity index (χ0) is 14.8. The van der Waals surface area contributed by atoms with Gasteiger partial charge in [-0.1, -0.05) is 12.2 Å². The first-order valence-corrected chi connectivity index (χ1v) is 7.46. The van der Waals surface area contributed by atoms with E-state index in [0.29, 0.717) is 30.8 Å². The molecule has 0 spiro atoms. The van der Waals surface area contributed by atoms with Gasteiger partial charge in [0, 0.05) is 24.3 Å². The average molecular weight is 306 g/mol. The van der Waals surface area contributed by atoms with Gasteiger partial charge in [0.15, 0.2) is 0 Å². The Morgan fingerprint density at radius 3 is 3.05 bits per heavy atom. The Kier molecular flexibility index (Phi) is 4.03. The van der Waals surface area contributed by atoms with E-state index in [2.05, 4.69) is 10.3 Å². The van der Waals surface area contributed by atoms with E-state index < -0.39 is 0 Å². The molecule has 0 bridgehead atoms. The van der Waals surface area contributed by atoms with Crippen molar-refractivity contribution in [1.29, 1.82) is 0 Å². The number of carbonyl (C=O) groups excluding carboxylic acids is 1. The first-order chi connectivity index (χ1) is 10.2. The van der Waals surface area contributed by atoms with E-state index in [0.717, 1.165) is 24.1 Å². The summed E-state index contributed by atoms with van der Waals surface area (Å²) in [7, 11) is 0. The molecule has 1 saturated heterocycles. The molecule has 3 N–H and O–H groups in total. The molecule has 6 nitrogen and oxygen atoms in total. The smallest absolute Gasteiger partial charge is 0.245 e. The molecule has 0 aromatic carbocycles. The average Bonchev–Trinajstić information content (AvgIpc) is 3.31. The normalized spacial score (nSPS) is 21.9. The van der Waals surface area contributed by atoms with Gasteiger partial charge in [-0.3, -0.25) is 9.78 Å². The summed E-state index contributed by atoms with van der Waals surface area (Å²) in [6.45, 7) is 1.55. The van der Waals surface area contributed by atoms with Crippen LogP contribution in [-0.2, 0) is 9.53 Å². The molecule has 1 unspecified atom stereocenters. The maximum absolute atomic E-state index is 12.4. The van der Waals surface area contributed by atoms with Crippen LogP contribution in [-0.4, -0.2) is 47.7 Å². The summed E-state index contributed by atoms with van der Waals surface area (Å²) in [6.07, 6.45) is 5.48. The molecule has 7 heteroatoms. The molecule has 2 heterocycles. The molecule has 112 valence electrons. The number of pyridine rings is 1. The predicted molar refractivity (Wildman–Crippen MR) is 83.2 cm³/mol. The van der Waals surface area contributed by atoms with E-state index in [9.17, 15) is 4.79 Å². The molecule has 1 aliphatic heterocycles. The Labute approximate surface area is 128 Å². The first kappa shape index (κ1) is 14.2. The van der Waals surface area contributed by atoms with E-state index in [-0.39, 0.29) is 11.9 Å². The van der Waals surface area contributed by atoms with Crippen LogP contribution in [0.5, 0.6) is 0 Å². The van der Waals surface area contributed by atoms with Crippen molar-refractivity contribution in [2.45, 2.75) is 24.9 Å². The number of nitrogens with one attached hydrogen (secondary N) is 1. The summed E-state index contributed by atoms with van der Waals surface area (Å²) in [5, 5.41) is 3.03. The lowest BCUT2D eigenvalue weighted by Gasteiger charge is -2.37. The lowest BCUT2D eigenvalue weighted by Crippen LogP contribution is -2.54. The molecule has 1 saturated carbocycles. The van der Waals surface area contributed by atoms with Crippen LogP contribution in [0.15, 0.2) is 18.5 Å². The fourth-order valence-corrected chi connectivity index (χ4v) is 2.63. The number of thiocarbonyl (C=S) groups is 1. The quantitative estimate of drug-likeness (QED) is 0.774. The Hall–Kier alpha value is -1.73. The standard InChI is InChI=1S/C14H18N4O2S/c15-13(21)10-3-4-16-7-11(10)18-5-6-20-8-12(18)14(19)17-9-1-2-9/h3-4,7,9,12H,1-2,5-6,8H2,(H2,15,21)(H,17,19). The van der Waals surface area contributed by atoms with Crippen molar-refractivity contribution in [2.24, 2.45) is 5.73 Å². The number of ether oxygens (including phenoxy) is 1. The van der Waals surface area contributed by atoms with E-state index in [1.807, 2.05) is 4.90 Å². The van der Waals surface area contributed by atoms with Gasteiger partial charge in [0.05, 0.1) is 25.1 Å². The molecule has 1 amide bonds. The van der Waals surface area contributed by atoms with Gasteiger partial charge in [-0.25, -0.2) is 0 Å². The lowest BCUT2D eigenvalue weighted by molar-refractivity contribution is -0.124. The Bertz CT molecular complexity index is 562. The van der Waals surface area contributed by atoms with Gasteiger partial charge in [-0.15, -0.1) is 0 Å². The molecule has 1 aromatic rings. The summed E-state index contributed by atoms with van der Waals surface area (Å²) in [5.74, 6) is -0.00468. The maximum Gasteiger partial charge on any atom is 0.245 e. The number of hydrogen-bond donors (Lipinski definition) is 2. The highest BCUT2D eigenvalue weighted by molar-refractivity contribution is 7.80. The van der Waals surface area contributed by atoms with Crippen molar-refractivity contribution in [2.75, 3.05) is 24.7 Å². The van der Waals surface area contributed by atoms with Gasteiger partial charge in [-0.05, 0) is 18.9 Å². The number of hydrogen-bond acceptors (Lipinski definition) is 5. The molecule has 1 atom stereocenters. The van der Waals surface area contributed by atoms with Crippen LogP contribution in [0.3, 0.4) is 0 Å². The zero-order valence-electron chi connectivity index (χ0n) is 11.6. The third kappa shape index (κ3) is 3.14. The van der Waals surface area contributed by atoms with Crippen LogP contribution in [0.25, 0.3) is 0 Å². The summed E-state index contributed by atoms with van der Waals surface area (Å²) < 4.78 is 5.47. The van der Waals surface area contributed by atoms with Gasteiger partial charge in [0.25, 0.3) is 0 Å². The van der Waals surface area contributed by atoms with Gasteiger partial charge in [0.1, 0.15) is 11.0 Å². The molecule has 2 fully saturated rings. The van der Waals surface area contributed by atoms with E-state index in [4.69, 9.17) is 22.7 Å². The van der Waals surface area contributed by atoms with Gasteiger partial charge in [0.2, 0.25) is 5.91 Å². The summed E-state index contributed by atoms with van der Waals surface area (Å²) >= 11 is 5.09. The van der Waals surface area contributed by atoms with Crippen molar-refractivity contribution in [3.63, 3.8) is 0 Å². The van der Waals surface area contributed by atoms with Crippen LogP contribution >= 0.6 is 12.2 Å². The molecule has 3 rings (SSSR count). The maximum atomic E-state index is 12.4. The number of carbonyl (C=O) groups is 1. The highest BCUT2D eigenvalue weighted by Crippen LogP contribution is 2.25. The molecule has 2 aliphatic rings. The molecule has 0 radical (unpaired) electrons. The van der Waals surface area contributed by atoms with E-state index in [1.54, 1.807) is 18.5 Å². The molecular weight excluding hydrogens is 288 g/mol. The van der Waals surface area contributed by atoms with Gasteiger partial charge >= 0.3 is 0 Å². The fraction of sp³-hybridized carbons (Fsp3) is 0.500. The summed E-state index contributed by atoms with van der Waals surface area (Å²) in [6, 6.07) is 1.74. The molecule has 1 aliphatic carbocycles. The number of amides is 1. The van der Waals surface area contributed by atoms with Crippen molar-refractivity contribution in [3.8, 4) is 0 Å². The minimum atomic E-state index is -0.364. The molecule has 21 heavy (non-hydrogen) atoms. The molecule has 1 aromatic heterocycles. The second kappa shape index (κ2) is 5.95. The lowest BCUT2D eigenvalue weighted by atomic mass is 10.1. The number of aromatic nitrogens is 1. The Morgan fingerprint density at radius 2 is 2.33 bits per heavy atom. The summed E-state index contributed by atoms with van der Waals surface area (Å²) in [5.41, 5.74) is 7.32. The van der Waals surface area contributed by atoms with Crippen LogP contribution in [0, 0.1) is 0 Å². The Morgan fingerprint density at radius 1 is 1.52 bits per heavy atom. The number of nitrogens with zero attached hydrogens (tertiary/aromatic N) is 2. The van der Waals surface area contributed by atoms with Crippen LogP contribution < -0.4 is 16.0 Å². The number of morpholine rings is 1. The number of nitrogens with two attached hydrogens (primary N) is 1.